The average molecular weight is 529 g/mol. The van der Waals surface area contributed by atoms with E-state index in [-0.39, 0.29) is 24.0 Å². The molecule has 0 bridgehead atoms. The number of hydrogen-bond donors (Lipinski definition) is 2. The maximum Gasteiger partial charge on any atom is 0.227 e. The van der Waals surface area contributed by atoms with Crippen LogP contribution in [0.4, 0.5) is 27.7 Å². The number of anilines is 4. The highest BCUT2D eigenvalue weighted by Gasteiger charge is 2.39. The minimum atomic E-state index is -2.98. The van der Waals surface area contributed by atoms with Crippen LogP contribution in [0.15, 0.2) is 36.7 Å². The first-order valence-corrected chi connectivity index (χ1v) is 14.4. The third-order valence-electron chi connectivity index (χ3n) is 7.27. The minimum Gasteiger partial charge on any atom is -0.390 e. The van der Waals surface area contributed by atoms with Crippen LogP contribution in [0.5, 0.6) is 0 Å². The van der Waals surface area contributed by atoms with Crippen LogP contribution >= 0.6 is 0 Å². The molecule has 198 valence electrons. The normalized spacial score (nSPS) is 24.0. The van der Waals surface area contributed by atoms with Gasteiger partial charge in [0, 0.05) is 43.1 Å². The molecule has 5 rings (SSSR count). The van der Waals surface area contributed by atoms with E-state index in [1.807, 2.05) is 12.3 Å². The van der Waals surface area contributed by atoms with Gasteiger partial charge >= 0.3 is 0 Å². The Morgan fingerprint density at radius 2 is 1.84 bits per heavy atom. The zero-order valence-corrected chi connectivity index (χ0v) is 22.2. The number of alkyl halides is 1. The van der Waals surface area contributed by atoms with E-state index in [1.165, 1.54) is 12.5 Å². The molecule has 0 unspecified atom stereocenters. The predicted octanol–water partition coefficient (Wildman–Crippen LogP) is 3.43. The van der Waals surface area contributed by atoms with Crippen LogP contribution in [0.2, 0.25) is 0 Å². The molecule has 11 heteroatoms. The van der Waals surface area contributed by atoms with Crippen molar-refractivity contribution in [2.24, 2.45) is 0 Å². The highest BCUT2D eigenvalue weighted by Crippen LogP contribution is 2.35. The van der Waals surface area contributed by atoms with Gasteiger partial charge in [-0.25, -0.2) is 22.8 Å². The second-order valence-electron chi connectivity index (χ2n) is 10.5. The lowest BCUT2D eigenvalue weighted by Crippen LogP contribution is -2.52. The van der Waals surface area contributed by atoms with Crippen LogP contribution in [0.3, 0.4) is 0 Å². The number of hydrogen-bond acceptors (Lipinski definition) is 9. The summed E-state index contributed by atoms with van der Waals surface area (Å²) in [7, 11) is -2.98. The molecule has 3 aromatic rings. The standard InChI is InChI=1S/C26H33FN6O3S/c1-17(2)18-4-5-21(32-10-12-37(35,36)13-11-32)20-15-29-24(14-19(18)20)30-23-6-8-28-25(31-23)33-9-7-22(34)26(3,27)16-33/h4-6,8,14-15,17,22,34H,7,9-13,16H2,1-3H3,(H,28,29,30,31)/t22-,26+/m1/s1. The predicted molar refractivity (Wildman–Crippen MR) is 144 cm³/mol. The van der Waals surface area contributed by atoms with Gasteiger partial charge in [-0.2, -0.15) is 4.98 Å². The fraction of sp³-hybridized carbons (Fsp3) is 0.500. The molecule has 0 spiro atoms. The maximum absolute atomic E-state index is 14.7. The maximum atomic E-state index is 14.7. The SMILES string of the molecule is CC(C)c1ccc(N2CCS(=O)(=O)CC2)c2cnc(Nc3ccnc(N4CC[C@@H](O)[C@@](C)(F)C4)n3)cc12. The number of pyridine rings is 1. The van der Waals surface area contributed by atoms with E-state index in [0.29, 0.717) is 43.6 Å². The molecule has 4 heterocycles. The summed E-state index contributed by atoms with van der Waals surface area (Å²) in [5.41, 5.74) is 0.430. The second kappa shape index (κ2) is 9.68. The Bertz CT molecular complexity index is 1400. The fourth-order valence-electron chi connectivity index (χ4n) is 5.06. The van der Waals surface area contributed by atoms with Gasteiger partial charge in [-0.15, -0.1) is 0 Å². The molecule has 2 aliphatic rings. The molecule has 0 radical (unpaired) electrons. The van der Waals surface area contributed by atoms with Crippen molar-refractivity contribution in [1.82, 2.24) is 15.0 Å². The molecule has 2 N–H and O–H groups in total. The molecular formula is C26H33FN6O3S. The van der Waals surface area contributed by atoms with Gasteiger partial charge in [-0.3, -0.25) is 0 Å². The molecule has 0 aliphatic carbocycles. The number of sulfone groups is 1. The van der Waals surface area contributed by atoms with Crippen LogP contribution in [-0.4, -0.2) is 77.9 Å². The Balaban J connectivity index is 1.43. The van der Waals surface area contributed by atoms with Gasteiger partial charge in [0.25, 0.3) is 0 Å². The summed E-state index contributed by atoms with van der Waals surface area (Å²) in [5.74, 6) is 2.13. The third kappa shape index (κ3) is 5.33. The number of nitrogens with zero attached hydrogens (tertiary/aromatic N) is 5. The van der Waals surface area contributed by atoms with E-state index in [2.05, 4.69) is 51.1 Å². The number of halogens is 1. The van der Waals surface area contributed by atoms with E-state index in [4.69, 9.17) is 0 Å². The number of aliphatic hydroxyl groups excluding tert-OH is 1. The lowest BCUT2D eigenvalue weighted by Gasteiger charge is -2.38. The Labute approximate surface area is 216 Å². The Kier molecular flexibility index (Phi) is 6.70. The van der Waals surface area contributed by atoms with Crippen molar-refractivity contribution in [3.63, 3.8) is 0 Å². The van der Waals surface area contributed by atoms with Crippen molar-refractivity contribution in [2.75, 3.05) is 52.8 Å². The smallest absolute Gasteiger partial charge is 0.227 e. The summed E-state index contributed by atoms with van der Waals surface area (Å²) >= 11 is 0. The summed E-state index contributed by atoms with van der Waals surface area (Å²) in [4.78, 5) is 17.4. The molecular weight excluding hydrogens is 495 g/mol. The number of rotatable bonds is 5. The summed E-state index contributed by atoms with van der Waals surface area (Å²) in [6.45, 7) is 7.09. The van der Waals surface area contributed by atoms with Crippen LogP contribution < -0.4 is 15.1 Å². The molecule has 0 saturated carbocycles. The van der Waals surface area contributed by atoms with E-state index >= 15 is 0 Å². The lowest BCUT2D eigenvalue weighted by atomic mass is 9.94. The summed E-state index contributed by atoms with van der Waals surface area (Å²) in [6.07, 6.45) is 2.75. The van der Waals surface area contributed by atoms with E-state index in [9.17, 15) is 17.9 Å². The zero-order chi connectivity index (χ0) is 26.4. The van der Waals surface area contributed by atoms with E-state index < -0.39 is 21.6 Å². The molecule has 37 heavy (non-hydrogen) atoms. The largest absolute Gasteiger partial charge is 0.390 e. The van der Waals surface area contributed by atoms with Crippen molar-refractivity contribution in [1.29, 1.82) is 0 Å². The molecule has 2 atom stereocenters. The average Bonchev–Trinajstić information content (AvgIpc) is 2.85. The third-order valence-corrected chi connectivity index (χ3v) is 8.88. The van der Waals surface area contributed by atoms with Crippen molar-refractivity contribution in [3.8, 4) is 0 Å². The van der Waals surface area contributed by atoms with Crippen LogP contribution in [0.25, 0.3) is 10.8 Å². The fourth-order valence-corrected chi connectivity index (χ4v) is 6.26. The van der Waals surface area contributed by atoms with Gasteiger partial charge in [-0.1, -0.05) is 19.9 Å². The number of fused-ring (bicyclic) bond motifs is 1. The second-order valence-corrected chi connectivity index (χ2v) is 12.8. The summed E-state index contributed by atoms with van der Waals surface area (Å²) in [5, 5.41) is 15.2. The molecule has 9 nitrogen and oxygen atoms in total. The Morgan fingerprint density at radius 1 is 1.08 bits per heavy atom. The van der Waals surface area contributed by atoms with Crippen molar-refractivity contribution >= 4 is 43.9 Å². The van der Waals surface area contributed by atoms with Crippen LogP contribution in [0.1, 0.15) is 38.7 Å². The first-order chi connectivity index (χ1) is 17.5. The lowest BCUT2D eigenvalue weighted by molar-refractivity contribution is -0.00860. The molecule has 0 amide bonds. The van der Waals surface area contributed by atoms with Gasteiger partial charge in [0.2, 0.25) is 5.95 Å². The van der Waals surface area contributed by atoms with E-state index in [1.54, 1.807) is 17.2 Å². The van der Waals surface area contributed by atoms with Gasteiger partial charge in [-0.05, 0) is 48.4 Å². The van der Waals surface area contributed by atoms with Gasteiger partial charge in [0.05, 0.1) is 24.2 Å². The number of aliphatic hydroxyl groups is 1. The van der Waals surface area contributed by atoms with Gasteiger partial charge in [0.1, 0.15) is 11.6 Å². The molecule has 2 aromatic heterocycles. The monoisotopic (exact) mass is 528 g/mol. The van der Waals surface area contributed by atoms with Crippen molar-refractivity contribution in [3.05, 3.63) is 42.2 Å². The highest BCUT2D eigenvalue weighted by atomic mass is 32.2. The molecule has 1 aromatic carbocycles. The topological polar surface area (TPSA) is 112 Å². The highest BCUT2D eigenvalue weighted by molar-refractivity contribution is 7.91. The molecule has 2 saturated heterocycles. The van der Waals surface area contributed by atoms with Gasteiger partial charge in [0.15, 0.2) is 15.5 Å². The zero-order valence-electron chi connectivity index (χ0n) is 21.4. The summed E-state index contributed by atoms with van der Waals surface area (Å²) in [6, 6.07) is 7.90. The quantitative estimate of drug-likeness (QED) is 0.514. The first-order valence-electron chi connectivity index (χ1n) is 12.6. The first kappa shape index (κ1) is 25.6. The number of piperidine rings is 1. The number of benzene rings is 1. The van der Waals surface area contributed by atoms with Crippen molar-refractivity contribution < 1.29 is 17.9 Å². The number of nitrogens with one attached hydrogen (secondary N) is 1. The Morgan fingerprint density at radius 3 is 2.54 bits per heavy atom. The van der Waals surface area contributed by atoms with E-state index in [0.717, 1.165) is 16.5 Å². The summed E-state index contributed by atoms with van der Waals surface area (Å²) < 4.78 is 38.6. The van der Waals surface area contributed by atoms with Gasteiger partial charge < -0.3 is 20.2 Å². The minimum absolute atomic E-state index is 0.0180. The van der Waals surface area contributed by atoms with Crippen LogP contribution in [0, 0.1) is 0 Å². The number of aromatic nitrogens is 3. The molecule has 2 fully saturated rings. The van der Waals surface area contributed by atoms with Crippen LogP contribution in [-0.2, 0) is 9.84 Å². The Hall–Kier alpha value is -3.05. The van der Waals surface area contributed by atoms with Crippen molar-refractivity contribution in [2.45, 2.75) is 44.9 Å². The molecule has 2 aliphatic heterocycles.